The SMILES string of the molecule is CCCC[C@@H](CC)C(=O)Nc1ccc(C#N)cc1. The number of nitriles is 1. The van der Waals surface area contributed by atoms with E-state index in [1.54, 1.807) is 24.3 Å². The third kappa shape index (κ3) is 4.21. The van der Waals surface area contributed by atoms with Crippen molar-refractivity contribution in [3.8, 4) is 6.07 Å². The van der Waals surface area contributed by atoms with Gasteiger partial charge in [0.2, 0.25) is 5.91 Å². The van der Waals surface area contributed by atoms with Crippen LogP contribution in [0, 0.1) is 17.2 Å². The van der Waals surface area contributed by atoms with Crippen LogP contribution in [-0.2, 0) is 4.79 Å². The Kier molecular flexibility index (Phi) is 5.93. The number of unbranched alkanes of at least 4 members (excludes halogenated alkanes) is 1. The minimum Gasteiger partial charge on any atom is -0.326 e. The van der Waals surface area contributed by atoms with Crippen LogP contribution in [0.2, 0.25) is 0 Å². The summed E-state index contributed by atoms with van der Waals surface area (Å²) < 4.78 is 0. The van der Waals surface area contributed by atoms with Crippen molar-refractivity contribution in [2.24, 2.45) is 5.92 Å². The Labute approximate surface area is 109 Å². The summed E-state index contributed by atoms with van der Waals surface area (Å²) in [6.45, 7) is 4.17. The highest BCUT2D eigenvalue weighted by atomic mass is 16.1. The minimum absolute atomic E-state index is 0.0793. The van der Waals surface area contributed by atoms with Crippen molar-refractivity contribution < 1.29 is 4.79 Å². The molecule has 1 aromatic rings. The number of hydrogen-bond acceptors (Lipinski definition) is 2. The lowest BCUT2D eigenvalue weighted by Gasteiger charge is -2.14. The maximum atomic E-state index is 12.0. The first-order valence-corrected chi connectivity index (χ1v) is 6.52. The Morgan fingerprint density at radius 1 is 1.33 bits per heavy atom. The summed E-state index contributed by atoms with van der Waals surface area (Å²) in [7, 11) is 0. The molecule has 1 N–H and O–H groups in total. The average molecular weight is 244 g/mol. The van der Waals surface area contributed by atoms with Gasteiger partial charge >= 0.3 is 0 Å². The largest absolute Gasteiger partial charge is 0.326 e. The number of carbonyl (C=O) groups excluding carboxylic acids is 1. The van der Waals surface area contributed by atoms with Gasteiger partial charge in [-0.1, -0.05) is 26.7 Å². The van der Waals surface area contributed by atoms with Gasteiger partial charge in [0.05, 0.1) is 11.6 Å². The number of nitrogens with one attached hydrogen (secondary N) is 1. The zero-order valence-corrected chi connectivity index (χ0v) is 11.1. The fraction of sp³-hybridized carbons (Fsp3) is 0.467. The molecule has 1 atom stereocenters. The smallest absolute Gasteiger partial charge is 0.227 e. The molecule has 1 rings (SSSR count). The van der Waals surface area contributed by atoms with Crippen molar-refractivity contribution in [3.63, 3.8) is 0 Å². The fourth-order valence-corrected chi connectivity index (χ4v) is 1.84. The van der Waals surface area contributed by atoms with Crippen LogP contribution in [0.15, 0.2) is 24.3 Å². The molecule has 0 fully saturated rings. The van der Waals surface area contributed by atoms with Crippen LogP contribution in [0.1, 0.15) is 45.1 Å². The van der Waals surface area contributed by atoms with Gasteiger partial charge in [0, 0.05) is 11.6 Å². The molecular weight excluding hydrogens is 224 g/mol. The molecule has 0 bridgehead atoms. The Hall–Kier alpha value is -1.82. The molecule has 0 aliphatic rings. The molecule has 0 radical (unpaired) electrons. The fourth-order valence-electron chi connectivity index (χ4n) is 1.84. The van der Waals surface area contributed by atoms with Crippen molar-refractivity contribution in [2.75, 3.05) is 5.32 Å². The van der Waals surface area contributed by atoms with Gasteiger partial charge in [-0.25, -0.2) is 0 Å². The van der Waals surface area contributed by atoms with Crippen LogP contribution in [-0.4, -0.2) is 5.91 Å². The third-order valence-electron chi connectivity index (χ3n) is 3.05. The van der Waals surface area contributed by atoms with Crippen molar-refractivity contribution in [1.29, 1.82) is 5.26 Å². The van der Waals surface area contributed by atoms with E-state index in [9.17, 15) is 4.79 Å². The van der Waals surface area contributed by atoms with Gasteiger partial charge in [0.25, 0.3) is 0 Å². The topological polar surface area (TPSA) is 52.9 Å². The number of rotatable bonds is 6. The first-order valence-electron chi connectivity index (χ1n) is 6.52. The summed E-state index contributed by atoms with van der Waals surface area (Å²) in [5.74, 6) is 0.163. The van der Waals surface area contributed by atoms with E-state index in [4.69, 9.17) is 5.26 Å². The van der Waals surface area contributed by atoms with Gasteiger partial charge in [0.15, 0.2) is 0 Å². The van der Waals surface area contributed by atoms with Gasteiger partial charge in [-0.05, 0) is 37.1 Å². The van der Waals surface area contributed by atoms with E-state index in [1.807, 2.05) is 6.92 Å². The van der Waals surface area contributed by atoms with E-state index in [-0.39, 0.29) is 11.8 Å². The number of benzene rings is 1. The van der Waals surface area contributed by atoms with Crippen LogP contribution >= 0.6 is 0 Å². The first kappa shape index (κ1) is 14.2. The van der Waals surface area contributed by atoms with E-state index in [0.717, 1.165) is 31.4 Å². The summed E-state index contributed by atoms with van der Waals surface area (Å²) >= 11 is 0. The van der Waals surface area contributed by atoms with E-state index in [2.05, 4.69) is 18.3 Å². The van der Waals surface area contributed by atoms with Gasteiger partial charge in [-0.15, -0.1) is 0 Å². The molecule has 3 nitrogen and oxygen atoms in total. The van der Waals surface area contributed by atoms with Crippen LogP contribution in [0.4, 0.5) is 5.69 Å². The third-order valence-corrected chi connectivity index (χ3v) is 3.05. The first-order chi connectivity index (χ1) is 8.71. The van der Waals surface area contributed by atoms with Crippen LogP contribution < -0.4 is 5.32 Å². The highest BCUT2D eigenvalue weighted by molar-refractivity contribution is 5.92. The number of nitrogens with zero attached hydrogens (tertiary/aromatic N) is 1. The van der Waals surface area contributed by atoms with Crippen LogP contribution in [0.3, 0.4) is 0 Å². The lowest BCUT2D eigenvalue weighted by atomic mass is 9.98. The van der Waals surface area contributed by atoms with E-state index in [0.29, 0.717) is 5.56 Å². The zero-order chi connectivity index (χ0) is 13.4. The Balaban J connectivity index is 2.59. The highest BCUT2D eigenvalue weighted by Crippen LogP contribution is 2.16. The molecule has 0 saturated heterocycles. The molecular formula is C15H20N2O. The maximum Gasteiger partial charge on any atom is 0.227 e. The molecule has 1 aromatic carbocycles. The molecule has 3 heteroatoms. The predicted octanol–water partition coefficient (Wildman–Crippen LogP) is 3.71. The van der Waals surface area contributed by atoms with Gasteiger partial charge in [-0.3, -0.25) is 4.79 Å². The molecule has 18 heavy (non-hydrogen) atoms. The van der Waals surface area contributed by atoms with Gasteiger partial charge in [0.1, 0.15) is 0 Å². The zero-order valence-electron chi connectivity index (χ0n) is 11.1. The van der Waals surface area contributed by atoms with Gasteiger partial charge in [-0.2, -0.15) is 5.26 Å². The summed E-state index contributed by atoms with van der Waals surface area (Å²) in [5, 5.41) is 11.6. The van der Waals surface area contributed by atoms with E-state index < -0.39 is 0 Å². The summed E-state index contributed by atoms with van der Waals surface area (Å²) in [4.78, 5) is 12.0. The standard InChI is InChI=1S/C15H20N2O/c1-3-5-6-13(4-2)15(18)17-14-9-7-12(11-16)8-10-14/h7-10,13H,3-6H2,1-2H3,(H,17,18)/t13-/m1/s1. The summed E-state index contributed by atoms with van der Waals surface area (Å²) in [6.07, 6.45) is 4.00. The predicted molar refractivity (Wildman–Crippen MR) is 73.1 cm³/mol. The number of hydrogen-bond donors (Lipinski definition) is 1. The van der Waals surface area contributed by atoms with E-state index >= 15 is 0 Å². The molecule has 0 saturated carbocycles. The second kappa shape index (κ2) is 7.50. The molecule has 0 aliphatic heterocycles. The Morgan fingerprint density at radius 2 is 2.00 bits per heavy atom. The van der Waals surface area contributed by atoms with Crippen LogP contribution in [0.25, 0.3) is 0 Å². The monoisotopic (exact) mass is 244 g/mol. The van der Waals surface area contributed by atoms with E-state index in [1.165, 1.54) is 0 Å². The van der Waals surface area contributed by atoms with Crippen molar-refractivity contribution in [2.45, 2.75) is 39.5 Å². The quantitative estimate of drug-likeness (QED) is 0.829. The molecule has 1 amide bonds. The normalized spacial score (nSPS) is 11.6. The lowest BCUT2D eigenvalue weighted by Crippen LogP contribution is -2.22. The minimum atomic E-state index is 0.0793. The number of carbonyl (C=O) groups is 1. The second-order valence-electron chi connectivity index (χ2n) is 4.43. The molecule has 0 aromatic heterocycles. The van der Waals surface area contributed by atoms with Gasteiger partial charge < -0.3 is 5.32 Å². The van der Waals surface area contributed by atoms with Crippen molar-refractivity contribution >= 4 is 11.6 Å². The Morgan fingerprint density at radius 3 is 2.50 bits per heavy atom. The average Bonchev–Trinajstić information content (AvgIpc) is 2.40. The highest BCUT2D eigenvalue weighted by Gasteiger charge is 2.15. The van der Waals surface area contributed by atoms with Crippen molar-refractivity contribution in [1.82, 2.24) is 0 Å². The number of anilines is 1. The molecule has 0 heterocycles. The maximum absolute atomic E-state index is 12.0. The second-order valence-corrected chi connectivity index (χ2v) is 4.43. The number of amides is 1. The Bertz CT molecular complexity index is 417. The molecule has 96 valence electrons. The van der Waals surface area contributed by atoms with Crippen LogP contribution in [0.5, 0.6) is 0 Å². The lowest BCUT2D eigenvalue weighted by molar-refractivity contribution is -0.120. The molecule has 0 aliphatic carbocycles. The molecule has 0 spiro atoms. The van der Waals surface area contributed by atoms with Crippen molar-refractivity contribution in [3.05, 3.63) is 29.8 Å². The summed E-state index contributed by atoms with van der Waals surface area (Å²) in [6, 6.07) is 9.01. The summed E-state index contributed by atoms with van der Waals surface area (Å²) in [5.41, 5.74) is 1.36. The molecule has 0 unspecified atom stereocenters.